The maximum atomic E-state index is 8.82. The van der Waals surface area contributed by atoms with Crippen molar-refractivity contribution in [2.75, 3.05) is 0 Å². The number of hydrogen-bond donors (Lipinski definition) is 1. The number of alkyl halides is 1. The van der Waals surface area contributed by atoms with Crippen LogP contribution in [0.15, 0.2) is 0 Å². The number of hydrogen-bond acceptors (Lipinski definition) is 2. The minimum atomic E-state index is -0.473. The average molecular weight is 197 g/mol. The molecule has 0 aliphatic carbocycles. The third kappa shape index (κ3) is 2.74. The predicted octanol–water partition coefficient (Wildman–Crippen LogP) is 1.52. The molecular weight excluding hydrogens is 188 g/mol. The lowest BCUT2D eigenvalue weighted by Crippen LogP contribution is -2.20. The fourth-order valence-electron chi connectivity index (χ4n) is 0.332. The molecule has 0 spiro atoms. The van der Waals surface area contributed by atoms with Crippen LogP contribution in [-0.4, -0.2) is 20.9 Å². The molecule has 0 aromatic rings. The topological polar surface area (TPSA) is 20.2 Å². The zero-order valence-corrected chi connectivity index (χ0v) is 7.29. The highest BCUT2D eigenvalue weighted by molar-refractivity contribution is 9.10. The molecule has 0 aliphatic heterocycles. The van der Waals surface area contributed by atoms with Crippen molar-refractivity contribution < 1.29 is 5.11 Å². The molecule has 0 amide bonds. The molecule has 0 fully saturated rings. The first-order chi connectivity index (χ1) is 3.55. The molecule has 0 rings (SSSR count). The summed E-state index contributed by atoms with van der Waals surface area (Å²) < 4.78 is 0. The second kappa shape index (κ2) is 3.54. The predicted molar refractivity (Wildman–Crippen MR) is 42.7 cm³/mol. The molecule has 0 aromatic heterocycles. The van der Waals surface area contributed by atoms with Gasteiger partial charge in [-0.05, 0) is 13.8 Å². The molecule has 2 atom stereocenters. The molecule has 0 radical (unpaired) electrons. The van der Waals surface area contributed by atoms with E-state index in [4.69, 9.17) is 17.3 Å². The van der Waals surface area contributed by atoms with Crippen LogP contribution < -0.4 is 0 Å². The van der Waals surface area contributed by atoms with E-state index in [0.717, 1.165) is 0 Å². The lowest BCUT2D eigenvalue weighted by atomic mass is 10.2. The van der Waals surface area contributed by atoms with Crippen molar-refractivity contribution in [1.29, 1.82) is 0 Å². The van der Waals surface area contributed by atoms with Gasteiger partial charge in [0.05, 0.1) is 6.10 Å². The Morgan fingerprint density at radius 2 is 2.00 bits per heavy atom. The van der Waals surface area contributed by atoms with Gasteiger partial charge in [-0.25, -0.2) is 0 Å². The molecule has 1 nitrogen and oxygen atoms in total. The van der Waals surface area contributed by atoms with Crippen molar-refractivity contribution in [1.82, 2.24) is 0 Å². The molecular formula is C5H9BrOS. The average Bonchev–Trinajstić information content (AvgIpc) is 1.64. The Labute approximate surface area is 63.2 Å². The van der Waals surface area contributed by atoms with Gasteiger partial charge in [0.15, 0.2) is 0 Å². The van der Waals surface area contributed by atoms with E-state index in [0.29, 0.717) is 4.86 Å². The van der Waals surface area contributed by atoms with Gasteiger partial charge in [0.1, 0.15) is 0 Å². The molecule has 0 saturated carbocycles. The van der Waals surface area contributed by atoms with Gasteiger partial charge in [0.2, 0.25) is 0 Å². The standard InChI is InChI=1S/C5H9BrOS/c1-3(6)5(8)4(2)7/h3-4,7H,1-2H3. The molecule has 8 heavy (non-hydrogen) atoms. The van der Waals surface area contributed by atoms with Crippen molar-refractivity contribution in [3.63, 3.8) is 0 Å². The molecule has 0 aliphatic rings. The van der Waals surface area contributed by atoms with Crippen molar-refractivity contribution in [2.45, 2.75) is 24.8 Å². The lowest BCUT2D eigenvalue weighted by molar-refractivity contribution is 0.263. The second-order valence-corrected chi connectivity index (χ2v) is 3.54. The fourth-order valence-corrected chi connectivity index (χ4v) is 0.715. The summed E-state index contributed by atoms with van der Waals surface area (Å²) in [5.74, 6) is 0. The van der Waals surface area contributed by atoms with Gasteiger partial charge in [0, 0.05) is 9.69 Å². The third-order valence-electron chi connectivity index (χ3n) is 0.804. The summed E-state index contributed by atoms with van der Waals surface area (Å²) >= 11 is 8.04. The lowest BCUT2D eigenvalue weighted by Gasteiger charge is -2.06. The summed E-state index contributed by atoms with van der Waals surface area (Å²) in [7, 11) is 0. The first-order valence-electron chi connectivity index (χ1n) is 2.41. The molecule has 2 unspecified atom stereocenters. The Hall–Kier alpha value is 0.530. The van der Waals surface area contributed by atoms with E-state index in [1.54, 1.807) is 6.92 Å². The summed E-state index contributed by atoms with van der Waals surface area (Å²) in [6.45, 7) is 3.56. The van der Waals surface area contributed by atoms with E-state index in [-0.39, 0.29) is 4.83 Å². The van der Waals surface area contributed by atoms with E-state index in [1.807, 2.05) is 6.92 Å². The Morgan fingerprint density at radius 1 is 1.62 bits per heavy atom. The smallest absolute Gasteiger partial charge is 0.0835 e. The number of aliphatic hydroxyl groups excluding tert-OH is 1. The second-order valence-electron chi connectivity index (χ2n) is 1.69. The zero-order valence-electron chi connectivity index (χ0n) is 4.89. The molecule has 0 aromatic carbocycles. The zero-order chi connectivity index (χ0) is 6.73. The van der Waals surface area contributed by atoms with E-state index in [9.17, 15) is 0 Å². The first kappa shape index (κ1) is 8.53. The Morgan fingerprint density at radius 3 is 2.00 bits per heavy atom. The van der Waals surface area contributed by atoms with Crippen LogP contribution in [0, 0.1) is 0 Å². The van der Waals surface area contributed by atoms with Crippen LogP contribution in [0.2, 0.25) is 0 Å². The fraction of sp³-hybridized carbons (Fsp3) is 0.800. The van der Waals surface area contributed by atoms with E-state index >= 15 is 0 Å². The molecule has 0 saturated heterocycles. The number of thiocarbonyl (C=S) groups is 1. The quantitative estimate of drug-likeness (QED) is 0.535. The van der Waals surface area contributed by atoms with E-state index < -0.39 is 6.10 Å². The normalized spacial score (nSPS) is 17.5. The summed E-state index contributed by atoms with van der Waals surface area (Å²) in [6, 6.07) is 0. The Kier molecular flexibility index (Phi) is 3.77. The van der Waals surface area contributed by atoms with Gasteiger partial charge in [0.25, 0.3) is 0 Å². The van der Waals surface area contributed by atoms with Gasteiger partial charge < -0.3 is 5.11 Å². The molecule has 3 heteroatoms. The molecule has 0 bridgehead atoms. The van der Waals surface area contributed by atoms with Crippen LogP contribution >= 0.6 is 28.1 Å². The minimum Gasteiger partial charge on any atom is -0.388 e. The van der Waals surface area contributed by atoms with Crippen LogP contribution in [0.25, 0.3) is 0 Å². The molecule has 1 N–H and O–H groups in total. The van der Waals surface area contributed by atoms with Crippen LogP contribution in [0.3, 0.4) is 0 Å². The monoisotopic (exact) mass is 196 g/mol. The molecule has 48 valence electrons. The highest BCUT2D eigenvalue weighted by Gasteiger charge is 2.08. The number of aliphatic hydroxyl groups is 1. The van der Waals surface area contributed by atoms with Crippen LogP contribution in [0.1, 0.15) is 13.8 Å². The Bertz CT molecular complexity index is 80.4. The van der Waals surface area contributed by atoms with Crippen LogP contribution in [-0.2, 0) is 0 Å². The highest BCUT2D eigenvalue weighted by Crippen LogP contribution is 2.03. The van der Waals surface area contributed by atoms with Gasteiger partial charge in [-0.15, -0.1) is 0 Å². The summed E-state index contributed by atoms with van der Waals surface area (Å²) in [5.41, 5.74) is 0. The van der Waals surface area contributed by atoms with Gasteiger partial charge >= 0.3 is 0 Å². The van der Waals surface area contributed by atoms with E-state index in [1.165, 1.54) is 0 Å². The van der Waals surface area contributed by atoms with Gasteiger partial charge in [-0.3, -0.25) is 0 Å². The van der Waals surface area contributed by atoms with Crippen molar-refractivity contribution in [3.05, 3.63) is 0 Å². The SMILES string of the molecule is CC(O)C(=S)C(C)Br. The van der Waals surface area contributed by atoms with Crippen LogP contribution in [0.5, 0.6) is 0 Å². The number of halogens is 1. The third-order valence-corrected chi connectivity index (χ3v) is 2.29. The summed E-state index contributed by atoms with van der Waals surface area (Å²) in [4.78, 5) is 0.794. The van der Waals surface area contributed by atoms with E-state index in [2.05, 4.69) is 15.9 Å². The van der Waals surface area contributed by atoms with Gasteiger partial charge in [-0.1, -0.05) is 28.1 Å². The summed E-state index contributed by atoms with van der Waals surface area (Å²) in [5, 5.41) is 8.82. The highest BCUT2D eigenvalue weighted by atomic mass is 79.9. The van der Waals surface area contributed by atoms with Crippen molar-refractivity contribution in [3.8, 4) is 0 Å². The maximum Gasteiger partial charge on any atom is 0.0835 e. The largest absolute Gasteiger partial charge is 0.388 e. The van der Waals surface area contributed by atoms with Gasteiger partial charge in [-0.2, -0.15) is 0 Å². The first-order valence-corrected chi connectivity index (χ1v) is 3.74. The number of rotatable bonds is 2. The van der Waals surface area contributed by atoms with Crippen molar-refractivity contribution >= 4 is 33.0 Å². The Balaban J connectivity index is 3.65. The summed E-state index contributed by atoms with van der Waals surface area (Å²) in [6.07, 6.45) is -0.473. The molecule has 0 heterocycles. The maximum absolute atomic E-state index is 8.82. The van der Waals surface area contributed by atoms with Crippen molar-refractivity contribution in [2.24, 2.45) is 0 Å². The minimum absolute atomic E-state index is 0.137. The van der Waals surface area contributed by atoms with Crippen LogP contribution in [0.4, 0.5) is 0 Å².